The highest BCUT2D eigenvalue weighted by Gasteiger charge is 2.22. The lowest BCUT2D eigenvalue weighted by Gasteiger charge is -2.19. The topological polar surface area (TPSA) is 45.6 Å². The van der Waals surface area contributed by atoms with Crippen molar-refractivity contribution in [3.8, 4) is 0 Å². The molecule has 0 N–H and O–H groups in total. The zero-order valence-corrected chi connectivity index (χ0v) is 20.9. The van der Waals surface area contributed by atoms with E-state index in [1.807, 2.05) is 67.6 Å². The number of hydrogen-bond donors (Lipinski definition) is 0. The number of amides is 1. The zero-order valence-electron chi connectivity index (χ0n) is 18.5. The van der Waals surface area contributed by atoms with Crippen molar-refractivity contribution in [1.29, 1.82) is 0 Å². The molecule has 162 valence electrons. The van der Waals surface area contributed by atoms with Gasteiger partial charge in [-0.15, -0.1) is 0 Å². The number of rotatable bonds is 4. The minimum atomic E-state index is -0.213. The van der Waals surface area contributed by atoms with Gasteiger partial charge in [0.1, 0.15) is 0 Å². The minimum Gasteiger partial charge on any atom is -0.267 e. The van der Waals surface area contributed by atoms with Crippen molar-refractivity contribution in [3.05, 3.63) is 93.5 Å². The van der Waals surface area contributed by atoms with Crippen molar-refractivity contribution in [1.82, 2.24) is 4.98 Å². The van der Waals surface area contributed by atoms with Crippen LogP contribution in [0.2, 0.25) is 0 Å². The maximum Gasteiger partial charge on any atom is 0.280 e. The number of fused-ring (bicyclic) bond motifs is 1. The predicted octanol–water partition coefficient (Wildman–Crippen LogP) is 7.35. The molecule has 0 saturated heterocycles. The van der Waals surface area contributed by atoms with E-state index < -0.39 is 0 Å². The maximum atomic E-state index is 13.5. The van der Waals surface area contributed by atoms with Gasteiger partial charge in [-0.3, -0.25) is 4.79 Å². The third kappa shape index (κ3) is 4.97. The summed E-state index contributed by atoms with van der Waals surface area (Å²) >= 11 is 4.90. The molecular weight excluding hydrogens is 482 g/mol. The molecule has 4 nitrogen and oxygen atoms in total. The Kier molecular flexibility index (Phi) is 6.26. The number of nitrogens with zero attached hydrogens (tertiary/aromatic N) is 3. The molecule has 1 aromatic heterocycles. The molecule has 4 aromatic rings. The molecule has 0 atom stereocenters. The summed E-state index contributed by atoms with van der Waals surface area (Å²) in [6, 6.07) is 21.6. The largest absolute Gasteiger partial charge is 0.280 e. The van der Waals surface area contributed by atoms with Crippen LogP contribution < -0.4 is 5.01 Å². The fourth-order valence-corrected chi connectivity index (χ4v) is 4.49. The van der Waals surface area contributed by atoms with Crippen molar-refractivity contribution in [2.75, 3.05) is 5.01 Å². The summed E-state index contributed by atoms with van der Waals surface area (Å²) in [5, 5.41) is 6.49. The summed E-state index contributed by atoms with van der Waals surface area (Å²) < 4.78 is 2.02. The Morgan fingerprint density at radius 1 is 1.03 bits per heavy atom. The molecule has 0 radical (unpaired) electrons. The maximum absolute atomic E-state index is 13.5. The highest BCUT2D eigenvalue weighted by molar-refractivity contribution is 9.10. The van der Waals surface area contributed by atoms with E-state index in [-0.39, 0.29) is 11.3 Å². The lowest BCUT2D eigenvalue weighted by atomic mass is 9.87. The number of carbonyl (C=O) groups excluding carboxylic acids is 1. The van der Waals surface area contributed by atoms with Crippen LogP contribution in [-0.2, 0) is 5.41 Å². The van der Waals surface area contributed by atoms with Gasteiger partial charge in [0.25, 0.3) is 5.91 Å². The van der Waals surface area contributed by atoms with Crippen LogP contribution >= 0.6 is 27.3 Å². The van der Waals surface area contributed by atoms with Gasteiger partial charge < -0.3 is 0 Å². The van der Waals surface area contributed by atoms with Crippen molar-refractivity contribution in [2.24, 2.45) is 5.10 Å². The molecule has 32 heavy (non-hydrogen) atoms. The van der Waals surface area contributed by atoms with Crippen molar-refractivity contribution in [3.63, 3.8) is 0 Å². The van der Waals surface area contributed by atoms with Crippen molar-refractivity contribution < 1.29 is 4.79 Å². The molecule has 0 fully saturated rings. The molecule has 1 amide bonds. The Bertz CT molecular complexity index is 1290. The third-order valence-corrected chi connectivity index (χ3v) is 6.62. The average Bonchev–Trinajstić information content (AvgIpc) is 3.17. The molecule has 0 bridgehead atoms. The number of thiazole rings is 1. The molecule has 0 aliphatic rings. The van der Waals surface area contributed by atoms with Crippen LogP contribution in [-0.4, -0.2) is 17.1 Å². The summed E-state index contributed by atoms with van der Waals surface area (Å²) in [5.41, 5.74) is 4.67. The first-order valence-corrected chi connectivity index (χ1v) is 11.9. The Labute approximate surface area is 200 Å². The quantitative estimate of drug-likeness (QED) is 0.215. The van der Waals surface area contributed by atoms with Crippen LogP contribution in [0.25, 0.3) is 10.2 Å². The highest BCUT2D eigenvalue weighted by Crippen LogP contribution is 2.31. The van der Waals surface area contributed by atoms with Crippen molar-refractivity contribution >= 4 is 54.7 Å². The van der Waals surface area contributed by atoms with Crippen molar-refractivity contribution in [2.45, 2.75) is 33.1 Å². The van der Waals surface area contributed by atoms with E-state index in [1.165, 1.54) is 21.9 Å². The number of hydrogen-bond acceptors (Lipinski definition) is 4. The van der Waals surface area contributed by atoms with E-state index in [0.29, 0.717) is 10.7 Å². The third-order valence-electron chi connectivity index (χ3n) is 5.10. The minimum absolute atomic E-state index is 0.0197. The van der Waals surface area contributed by atoms with E-state index >= 15 is 0 Å². The molecule has 4 rings (SSSR count). The normalized spacial score (nSPS) is 11.9. The number of aryl methyl sites for hydroxylation is 1. The predicted molar refractivity (Wildman–Crippen MR) is 138 cm³/mol. The van der Waals surface area contributed by atoms with Crippen LogP contribution in [0.5, 0.6) is 0 Å². The van der Waals surface area contributed by atoms with E-state index in [2.05, 4.69) is 52.9 Å². The number of anilines is 1. The summed E-state index contributed by atoms with van der Waals surface area (Å²) in [5.74, 6) is -0.213. The molecule has 0 spiro atoms. The Morgan fingerprint density at radius 2 is 1.72 bits per heavy atom. The van der Waals surface area contributed by atoms with Gasteiger partial charge in [0, 0.05) is 10.0 Å². The smallest absolute Gasteiger partial charge is 0.267 e. The molecule has 1 heterocycles. The summed E-state index contributed by atoms with van der Waals surface area (Å²) in [6.07, 6.45) is 1.69. The fraction of sp³-hybridized carbons (Fsp3) is 0.192. The Balaban J connectivity index is 1.73. The van der Waals surface area contributed by atoms with Gasteiger partial charge in [-0.2, -0.15) is 10.1 Å². The summed E-state index contributed by atoms with van der Waals surface area (Å²) in [6.45, 7) is 8.51. The lowest BCUT2D eigenvalue weighted by Crippen LogP contribution is -2.25. The average molecular weight is 506 g/mol. The molecule has 0 saturated carbocycles. The number of halogens is 1. The van der Waals surface area contributed by atoms with E-state index in [1.54, 1.807) is 6.21 Å². The van der Waals surface area contributed by atoms with E-state index in [9.17, 15) is 4.79 Å². The summed E-state index contributed by atoms with van der Waals surface area (Å²) in [4.78, 5) is 18.2. The van der Waals surface area contributed by atoms with Gasteiger partial charge in [0.15, 0.2) is 0 Å². The SMILES string of the molecule is Cc1ccc2nc(N(/N=C/c3ccc(Br)cc3)C(=O)c3ccc(C(C)(C)C)cc3)sc2c1. The first-order chi connectivity index (χ1) is 15.2. The standard InChI is InChI=1S/C26H24BrN3OS/c1-17-5-14-22-23(15-17)32-25(29-22)30(28-16-18-6-12-21(27)13-7-18)24(31)19-8-10-20(11-9-19)26(2,3)4/h5-16H,1-4H3/b28-16+. The van der Waals surface area contributed by atoms with Gasteiger partial charge in [0.05, 0.1) is 16.4 Å². The first kappa shape index (κ1) is 22.4. The van der Waals surface area contributed by atoms with Crippen LogP contribution in [0.3, 0.4) is 0 Å². The van der Waals surface area contributed by atoms with Gasteiger partial charge in [-0.05, 0) is 65.4 Å². The molecule has 6 heteroatoms. The highest BCUT2D eigenvalue weighted by atomic mass is 79.9. The monoisotopic (exact) mass is 505 g/mol. The van der Waals surface area contributed by atoms with Gasteiger partial charge >= 0.3 is 0 Å². The van der Waals surface area contributed by atoms with Gasteiger partial charge in [-0.1, -0.05) is 78.4 Å². The van der Waals surface area contributed by atoms with Crippen LogP contribution in [0.1, 0.15) is 47.8 Å². The summed E-state index contributed by atoms with van der Waals surface area (Å²) in [7, 11) is 0. The lowest BCUT2D eigenvalue weighted by molar-refractivity contribution is 0.0988. The number of hydrazone groups is 1. The van der Waals surface area contributed by atoms with Crippen LogP contribution in [0.4, 0.5) is 5.13 Å². The second-order valence-corrected chi connectivity index (χ2v) is 10.6. The second kappa shape index (κ2) is 8.96. The van der Waals surface area contributed by atoms with Gasteiger partial charge in [-0.25, -0.2) is 4.98 Å². The Hall–Kier alpha value is -2.83. The number of carbonyl (C=O) groups is 1. The molecule has 0 aliphatic carbocycles. The molecule has 3 aromatic carbocycles. The second-order valence-electron chi connectivity index (χ2n) is 8.71. The van der Waals surface area contributed by atoms with Crippen LogP contribution in [0.15, 0.2) is 76.3 Å². The van der Waals surface area contributed by atoms with Gasteiger partial charge in [0.2, 0.25) is 5.13 Å². The molecule has 0 unspecified atom stereocenters. The van der Waals surface area contributed by atoms with Crippen LogP contribution in [0, 0.1) is 6.92 Å². The van der Waals surface area contributed by atoms with E-state index in [4.69, 9.17) is 0 Å². The molecule has 0 aliphatic heterocycles. The number of benzene rings is 3. The van der Waals surface area contributed by atoms with E-state index in [0.717, 1.165) is 25.8 Å². The Morgan fingerprint density at radius 3 is 2.38 bits per heavy atom. The zero-order chi connectivity index (χ0) is 22.9. The first-order valence-electron chi connectivity index (χ1n) is 10.3. The molecular formula is C26H24BrN3OS. The number of aromatic nitrogens is 1. The fourth-order valence-electron chi connectivity index (χ4n) is 3.21.